The van der Waals surface area contributed by atoms with Crippen molar-refractivity contribution in [1.29, 1.82) is 0 Å². The topological polar surface area (TPSA) is 39.9 Å². The van der Waals surface area contributed by atoms with Crippen molar-refractivity contribution in [3.05, 3.63) is 11.6 Å². The average Bonchev–Trinajstić information content (AvgIpc) is 2.66. The highest BCUT2D eigenvalue weighted by Gasteiger charge is 2.08. The number of aromatic nitrogens is 3. The van der Waals surface area contributed by atoms with Gasteiger partial charge >= 0.3 is 0 Å². The van der Waals surface area contributed by atoms with Crippen molar-refractivity contribution in [3.63, 3.8) is 0 Å². The summed E-state index contributed by atoms with van der Waals surface area (Å²) in [6.07, 6.45) is 1.85. The third-order valence-corrected chi connectivity index (χ3v) is 2.40. The standard InChI is InChI=1S/C10H18ClN3O/c1-3-6-15-7-5-9-12-13-10(8-11)14(9)4-2/h3-8H2,1-2H3. The van der Waals surface area contributed by atoms with Crippen LogP contribution in [0.1, 0.15) is 31.9 Å². The molecule has 0 aromatic carbocycles. The first kappa shape index (κ1) is 12.5. The molecule has 0 aliphatic heterocycles. The smallest absolute Gasteiger partial charge is 0.147 e. The number of hydrogen-bond donors (Lipinski definition) is 0. The summed E-state index contributed by atoms with van der Waals surface area (Å²) in [5, 5.41) is 8.13. The van der Waals surface area contributed by atoms with E-state index in [9.17, 15) is 0 Å². The van der Waals surface area contributed by atoms with Crippen LogP contribution < -0.4 is 0 Å². The van der Waals surface area contributed by atoms with Crippen LogP contribution in [0.5, 0.6) is 0 Å². The Morgan fingerprint density at radius 1 is 1.20 bits per heavy atom. The highest BCUT2D eigenvalue weighted by Crippen LogP contribution is 2.05. The monoisotopic (exact) mass is 231 g/mol. The molecule has 1 heterocycles. The fourth-order valence-electron chi connectivity index (χ4n) is 1.43. The van der Waals surface area contributed by atoms with E-state index in [4.69, 9.17) is 16.3 Å². The van der Waals surface area contributed by atoms with E-state index in [1.165, 1.54) is 0 Å². The molecule has 0 aliphatic carbocycles. The van der Waals surface area contributed by atoms with Crippen LogP contribution in [0.25, 0.3) is 0 Å². The number of alkyl halides is 1. The molecule has 5 heteroatoms. The number of rotatable bonds is 7. The lowest BCUT2D eigenvalue weighted by molar-refractivity contribution is 0.136. The molecule has 0 atom stereocenters. The first-order chi connectivity index (χ1) is 7.33. The van der Waals surface area contributed by atoms with Crippen LogP contribution in [0.3, 0.4) is 0 Å². The van der Waals surface area contributed by atoms with Crippen LogP contribution >= 0.6 is 11.6 Å². The van der Waals surface area contributed by atoms with Gasteiger partial charge in [0.1, 0.15) is 11.6 Å². The third kappa shape index (κ3) is 3.47. The fourth-order valence-corrected chi connectivity index (χ4v) is 1.63. The molecule has 1 aromatic heterocycles. The molecule has 86 valence electrons. The maximum absolute atomic E-state index is 5.75. The molecule has 0 unspecified atom stereocenters. The summed E-state index contributed by atoms with van der Waals surface area (Å²) in [5.41, 5.74) is 0. The Hall–Kier alpha value is -0.610. The van der Waals surface area contributed by atoms with Gasteiger partial charge in [0.15, 0.2) is 0 Å². The highest BCUT2D eigenvalue weighted by molar-refractivity contribution is 6.16. The van der Waals surface area contributed by atoms with Crippen molar-refractivity contribution in [3.8, 4) is 0 Å². The van der Waals surface area contributed by atoms with Crippen molar-refractivity contribution >= 4 is 11.6 Å². The van der Waals surface area contributed by atoms with Gasteiger partial charge < -0.3 is 9.30 Å². The van der Waals surface area contributed by atoms with Gasteiger partial charge in [-0.1, -0.05) is 6.92 Å². The molecule has 0 fully saturated rings. The van der Waals surface area contributed by atoms with E-state index in [2.05, 4.69) is 24.0 Å². The lowest BCUT2D eigenvalue weighted by Crippen LogP contribution is -2.08. The summed E-state index contributed by atoms with van der Waals surface area (Å²) in [4.78, 5) is 0. The van der Waals surface area contributed by atoms with E-state index in [-0.39, 0.29) is 0 Å². The Morgan fingerprint density at radius 3 is 2.53 bits per heavy atom. The second-order valence-electron chi connectivity index (χ2n) is 3.27. The zero-order valence-corrected chi connectivity index (χ0v) is 10.1. The number of ether oxygens (including phenoxy) is 1. The molecule has 1 rings (SSSR count). The summed E-state index contributed by atoms with van der Waals surface area (Å²) >= 11 is 5.75. The molecule has 0 aliphatic rings. The molecule has 0 spiro atoms. The molecule has 1 aromatic rings. The largest absolute Gasteiger partial charge is 0.381 e. The lowest BCUT2D eigenvalue weighted by Gasteiger charge is -2.06. The molecule has 15 heavy (non-hydrogen) atoms. The zero-order valence-electron chi connectivity index (χ0n) is 9.37. The van der Waals surface area contributed by atoms with Gasteiger partial charge in [0.05, 0.1) is 12.5 Å². The van der Waals surface area contributed by atoms with Crippen molar-refractivity contribution in [2.75, 3.05) is 13.2 Å². The van der Waals surface area contributed by atoms with Crippen LogP contribution in [0, 0.1) is 0 Å². The predicted octanol–water partition coefficient (Wildman–Crippen LogP) is 2.01. The van der Waals surface area contributed by atoms with Crippen molar-refractivity contribution in [2.45, 2.75) is 39.1 Å². The minimum Gasteiger partial charge on any atom is -0.381 e. The second-order valence-corrected chi connectivity index (χ2v) is 3.54. The fraction of sp³-hybridized carbons (Fsp3) is 0.800. The van der Waals surface area contributed by atoms with Crippen LogP contribution in [0.15, 0.2) is 0 Å². The zero-order chi connectivity index (χ0) is 11.1. The lowest BCUT2D eigenvalue weighted by atomic mass is 10.4. The second kappa shape index (κ2) is 6.80. The SMILES string of the molecule is CCCOCCc1nnc(CCl)n1CC. The van der Waals surface area contributed by atoms with E-state index < -0.39 is 0 Å². The maximum Gasteiger partial charge on any atom is 0.147 e. The van der Waals surface area contributed by atoms with Gasteiger partial charge in [-0.25, -0.2) is 0 Å². The van der Waals surface area contributed by atoms with Crippen LogP contribution in [-0.2, 0) is 23.6 Å². The van der Waals surface area contributed by atoms with E-state index in [0.717, 1.165) is 37.6 Å². The summed E-state index contributed by atoms with van der Waals surface area (Å²) in [6.45, 7) is 6.53. The Kier molecular flexibility index (Phi) is 5.65. The first-order valence-electron chi connectivity index (χ1n) is 5.38. The molecule has 0 bridgehead atoms. The van der Waals surface area contributed by atoms with Gasteiger partial charge in [0, 0.05) is 19.6 Å². The normalized spacial score (nSPS) is 10.9. The summed E-state index contributed by atoms with van der Waals surface area (Å²) < 4.78 is 7.46. The summed E-state index contributed by atoms with van der Waals surface area (Å²) in [6, 6.07) is 0. The van der Waals surface area contributed by atoms with E-state index in [1.807, 2.05) is 4.57 Å². The first-order valence-corrected chi connectivity index (χ1v) is 5.91. The van der Waals surface area contributed by atoms with E-state index in [1.54, 1.807) is 0 Å². The third-order valence-electron chi connectivity index (χ3n) is 2.16. The minimum absolute atomic E-state index is 0.413. The number of nitrogens with zero attached hydrogens (tertiary/aromatic N) is 3. The molecule has 0 saturated heterocycles. The van der Waals surface area contributed by atoms with Crippen LogP contribution in [0.4, 0.5) is 0 Å². The molecule has 0 N–H and O–H groups in total. The Balaban J connectivity index is 2.49. The molecule has 4 nitrogen and oxygen atoms in total. The van der Waals surface area contributed by atoms with E-state index >= 15 is 0 Å². The molecular formula is C10H18ClN3O. The van der Waals surface area contributed by atoms with Gasteiger partial charge in [-0.2, -0.15) is 0 Å². The van der Waals surface area contributed by atoms with Gasteiger partial charge in [0.2, 0.25) is 0 Å². The van der Waals surface area contributed by atoms with E-state index in [0.29, 0.717) is 12.5 Å². The van der Waals surface area contributed by atoms with Crippen molar-refractivity contribution in [2.24, 2.45) is 0 Å². The summed E-state index contributed by atoms with van der Waals surface area (Å²) in [7, 11) is 0. The van der Waals surface area contributed by atoms with Gasteiger partial charge in [-0.3, -0.25) is 0 Å². The molecule has 0 amide bonds. The number of hydrogen-bond acceptors (Lipinski definition) is 3. The van der Waals surface area contributed by atoms with Crippen LogP contribution in [0.2, 0.25) is 0 Å². The van der Waals surface area contributed by atoms with Crippen molar-refractivity contribution < 1.29 is 4.74 Å². The summed E-state index contributed by atoms with van der Waals surface area (Å²) in [5.74, 6) is 2.21. The number of halogens is 1. The minimum atomic E-state index is 0.413. The maximum atomic E-state index is 5.75. The van der Waals surface area contributed by atoms with Gasteiger partial charge in [-0.15, -0.1) is 21.8 Å². The highest BCUT2D eigenvalue weighted by atomic mass is 35.5. The average molecular weight is 232 g/mol. The Bertz CT molecular complexity index is 288. The predicted molar refractivity (Wildman–Crippen MR) is 60.1 cm³/mol. The quantitative estimate of drug-likeness (QED) is 0.532. The molecule has 0 saturated carbocycles. The van der Waals surface area contributed by atoms with Crippen molar-refractivity contribution in [1.82, 2.24) is 14.8 Å². The van der Waals surface area contributed by atoms with Crippen LogP contribution in [-0.4, -0.2) is 28.0 Å². The Labute approximate surface area is 95.6 Å². The molecular weight excluding hydrogens is 214 g/mol. The Morgan fingerprint density at radius 2 is 1.93 bits per heavy atom. The van der Waals surface area contributed by atoms with Gasteiger partial charge in [0.25, 0.3) is 0 Å². The molecule has 0 radical (unpaired) electrons. The van der Waals surface area contributed by atoms with Gasteiger partial charge in [-0.05, 0) is 13.3 Å².